The highest BCUT2D eigenvalue weighted by atomic mass is 19.1. The van der Waals surface area contributed by atoms with Crippen LogP contribution in [0.15, 0.2) is 24.3 Å². The molecule has 1 aliphatic heterocycles. The first-order valence-corrected chi connectivity index (χ1v) is 7.30. The molecule has 3 unspecified atom stereocenters. The zero-order chi connectivity index (χ0) is 15.4. The maximum absolute atomic E-state index is 14.1. The maximum atomic E-state index is 14.1. The summed E-state index contributed by atoms with van der Waals surface area (Å²) in [5.74, 6) is -0.867. The lowest BCUT2D eigenvalue weighted by Crippen LogP contribution is -2.40. The van der Waals surface area contributed by atoms with Gasteiger partial charge in [0.05, 0.1) is 13.2 Å². The number of aliphatic hydroxyl groups is 1. The molecule has 3 atom stereocenters. The second-order valence-electron chi connectivity index (χ2n) is 5.57. The molecule has 0 aliphatic carbocycles. The zero-order valence-electron chi connectivity index (χ0n) is 12.5. The second kappa shape index (κ2) is 7.00. The Morgan fingerprint density at radius 1 is 1.52 bits per heavy atom. The van der Waals surface area contributed by atoms with E-state index in [0.717, 1.165) is 12.8 Å². The lowest BCUT2D eigenvalue weighted by Gasteiger charge is -2.32. The van der Waals surface area contributed by atoms with Gasteiger partial charge in [0, 0.05) is 11.6 Å². The fourth-order valence-corrected chi connectivity index (χ4v) is 3.09. The molecule has 0 aromatic heterocycles. The molecule has 0 radical (unpaired) electrons. The zero-order valence-corrected chi connectivity index (χ0v) is 12.5. The van der Waals surface area contributed by atoms with Crippen LogP contribution in [0.3, 0.4) is 0 Å². The number of aliphatic hydroxyl groups excluding tert-OH is 1. The summed E-state index contributed by atoms with van der Waals surface area (Å²) in [6.07, 6.45) is 1.95. The number of benzene rings is 1. The number of hydrogen-bond donors (Lipinski definition) is 1. The molecular weight excluding hydrogens is 273 g/mol. The Labute approximate surface area is 124 Å². The van der Waals surface area contributed by atoms with Gasteiger partial charge in [-0.2, -0.15) is 0 Å². The highest BCUT2D eigenvalue weighted by molar-refractivity contribution is 5.77. The highest BCUT2D eigenvalue weighted by Gasteiger charge is 2.38. The van der Waals surface area contributed by atoms with Gasteiger partial charge < -0.3 is 9.84 Å². The Hall–Kier alpha value is -1.46. The number of carbonyl (C=O) groups excluding carboxylic acids is 1. The summed E-state index contributed by atoms with van der Waals surface area (Å²) < 4.78 is 19.0. The van der Waals surface area contributed by atoms with Gasteiger partial charge in [-0.1, -0.05) is 18.2 Å². The molecular formula is C16H22FNO3. The average Bonchev–Trinajstić information content (AvgIpc) is 2.88. The first-order valence-electron chi connectivity index (χ1n) is 7.30. The van der Waals surface area contributed by atoms with Crippen molar-refractivity contribution in [3.63, 3.8) is 0 Å². The number of likely N-dealkylation sites (tertiary alicyclic amines) is 1. The van der Waals surface area contributed by atoms with Crippen molar-refractivity contribution in [1.29, 1.82) is 0 Å². The molecule has 1 aliphatic rings. The number of esters is 1. The van der Waals surface area contributed by atoms with E-state index in [9.17, 15) is 14.3 Å². The van der Waals surface area contributed by atoms with Gasteiger partial charge in [0.25, 0.3) is 0 Å². The van der Waals surface area contributed by atoms with Gasteiger partial charge in [0.1, 0.15) is 11.9 Å². The number of ether oxygens (including phenoxy) is 1. The third-order valence-electron chi connectivity index (χ3n) is 3.99. The summed E-state index contributed by atoms with van der Waals surface area (Å²) in [5, 5.41) is 9.62. The Bertz CT molecular complexity index is 492. The lowest BCUT2D eigenvalue weighted by atomic mass is 10.0. The van der Waals surface area contributed by atoms with Gasteiger partial charge in [0.15, 0.2) is 0 Å². The van der Waals surface area contributed by atoms with E-state index in [2.05, 4.69) is 0 Å². The van der Waals surface area contributed by atoms with Crippen molar-refractivity contribution in [2.45, 2.75) is 44.4 Å². The molecule has 21 heavy (non-hydrogen) atoms. The molecule has 1 aromatic rings. The van der Waals surface area contributed by atoms with Crippen LogP contribution < -0.4 is 0 Å². The summed E-state index contributed by atoms with van der Waals surface area (Å²) >= 11 is 0. The van der Waals surface area contributed by atoms with Crippen LogP contribution >= 0.6 is 0 Å². The Kier molecular flexibility index (Phi) is 5.31. The molecule has 5 heteroatoms. The fraction of sp³-hybridized carbons (Fsp3) is 0.562. The van der Waals surface area contributed by atoms with Gasteiger partial charge in [0.2, 0.25) is 0 Å². The van der Waals surface area contributed by atoms with Crippen molar-refractivity contribution in [2.24, 2.45) is 0 Å². The van der Waals surface area contributed by atoms with Gasteiger partial charge in [-0.05, 0) is 38.8 Å². The number of methoxy groups -OCH3 is 1. The molecule has 0 bridgehead atoms. The first kappa shape index (κ1) is 15.9. The fourth-order valence-electron chi connectivity index (χ4n) is 3.09. The molecule has 1 N–H and O–H groups in total. The molecule has 2 rings (SSSR count). The van der Waals surface area contributed by atoms with Gasteiger partial charge in [-0.15, -0.1) is 0 Å². The Morgan fingerprint density at radius 3 is 2.86 bits per heavy atom. The van der Waals surface area contributed by atoms with E-state index in [1.54, 1.807) is 25.1 Å². The van der Waals surface area contributed by atoms with E-state index in [0.29, 0.717) is 18.5 Å². The Balaban J connectivity index is 2.32. The van der Waals surface area contributed by atoms with Crippen molar-refractivity contribution in [1.82, 2.24) is 4.90 Å². The summed E-state index contributed by atoms with van der Waals surface area (Å²) in [5.41, 5.74) is 0.335. The molecule has 0 saturated carbocycles. The van der Waals surface area contributed by atoms with E-state index >= 15 is 0 Å². The first-order chi connectivity index (χ1) is 10.0. The summed E-state index contributed by atoms with van der Waals surface area (Å²) in [7, 11) is 1.32. The molecule has 116 valence electrons. The van der Waals surface area contributed by atoms with Crippen LogP contribution in [-0.4, -0.2) is 41.8 Å². The number of rotatable bonds is 5. The predicted molar refractivity (Wildman–Crippen MR) is 77.2 cm³/mol. The topological polar surface area (TPSA) is 49.8 Å². The minimum Gasteiger partial charge on any atom is -0.468 e. The highest BCUT2D eigenvalue weighted by Crippen LogP contribution is 2.33. The predicted octanol–water partition coefficient (Wildman–Crippen LogP) is 2.28. The summed E-state index contributed by atoms with van der Waals surface area (Å²) in [6.45, 7) is 2.43. The van der Waals surface area contributed by atoms with Crippen molar-refractivity contribution >= 4 is 5.97 Å². The number of hydrogen-bond acceptors (Lipinski definition) is 4. The molecule has 1 heterocycles. The molecule has 1 saturated heterocycles. The van der Waals surface area contributed by atoms with Crippen LogP contribution in [0.5, 0.6) is 0 Å². The SMILES string of the molecule is COC(=O)C(c1ccccc1F)N1CCCC1CC(C)O. The molecule has 4 nitrogen and oxygen atoms in total. The van der Waals surface area contributed by atoms with Crippen LogP contribution in [-0.2, 0) is 9.53 Å². The van der Waals surface area contributed by atoms with Gasteiger partial charge in [-0.25, -0.2) is 9.18 Å². The van der Waals surface area contributed by atoms with Crippen LogP contribution in [0, 0.1) is 5.82 Å². The summed E-state index contributed by atoms with van der Waals surface area (Å²) in [6, 6.07) is 5.61. The third-order valence-corrected chi connectivity index (χ3v) is 3.99. The van der Waals surface area contributed by atoms with Crippen molar-refractivity contribution in [2.75, 3.05) is 13.7 Å². The normalized spacial score (nSPS) is 22.0. The van der Waals surface area contributed by atoms with Crippen LogP contribution in [0.25, 0.3) is 0 Å². The standard InChI is InChI=1S/C16H22FNO3/c1-11(19)10-12-6-5-9-18(12)15(16(20)21-2)13-7-3-4-8-14(13)17/h3-4,7-8,11-12,15,19H,5-6,9-10H2,1-2H3. The minimum atomic E-state index is -0.748. The lowest BCUT2D eigenvalue weighted by molar-refractivity contribution is -0.148. The van der Waals surface area contributed by atoms with Crippen LogP contribution in [0.4, 0.5) is 4.39 Å². The van der Waals surface area contributed by atoms with Gasteiger partial charge in [-0.3, -0.25) is 4.90 Å². The summed E-state index contributed by atoms with van der Waals surface area (Å²) in [4.78, 5) is 14.1. The monoisotopic (exact) mass is 295 g/mol. The molecule has 1 aromatic carbocycles. The average molecular weight is 295 g/mol. The van der Waals surface area contributed by atoms with E-state index in [1.807, 2.05) is 4.90 Å². The van der Waals surface area contributed by atoms with Crippen LogP contribution in [0.2, 0.25) is 0 Å². The van der Waals surface area contributed by atoms with Crippen molar-refractivity contribution < 1.29 is 19.0 Å². The quantitative estimate of drug-likeness (QED) is 0.847. The third kappa shape index (κ3) is 3.60. The smallest absolute Gasteiger partial charge is 0.327 e. The molecule has 0 amide bonds. The number of halogens is 1. The van der Waals surface area contributed by atoms with Gasteiger partial charge >= 0.3 is 5.97 Å². The molecule has 1 fully saturated rings. The van der Waals surface area contributed by atoms with E-state index in [-0.39, 0.29) is 6.04 Å². The maximum Gasteiger partial charge on any atom is 0.327 e. The number of nitrogens with zero attached hydrogens (tertiary/aromatic N) is 1. The van der Waals surface area contributed by atoms with Crippen molar-refractivity contribution in [3.8, 4) is 0 Å². The minimum absolute atomic E-state index is 0.0636. The molecule has 0 spiro atoms. The largest absolute Gasteiger partial charge is 0.468 e. The number of carbonyl (C=O) groups is 1. The van der Waals surface area contributed by atoms with Crippen LogP contribution in [0.1, 0.15) is 37.8 Å². The second-order valence-corrected chi connectivity index (χ2v) is 5.57. The van der Waals surface area contributed by atoms with E-state index in [4.69, 9.17) is 4.74 Å². The van der Waals surface area contributed by atoms with E-state index in [1.165, 1.54) is 13.2 Å². The Morgan fingerprint density at radius 2 is 2.24 bits per heavy atom. The van der Waals surface area contributed by atoms with Crippen molar-refractivity contribution in [3.05, 3.63) is 35.6 Å². The van der Waals surface area contributed by atoms with E-state index < -0.39 is 23.9 Å².